The Morgan fingerprint density at radius 2 is 2.20 bits per heavy atom. The molecule has 2 aliphatic rings. The van der Waals surface area contributed by atoms with Crippen LogP contribution < -0.4 is 5.32 Å². The van der Waals surface area contributed by atoms with Gasteiger partial charge in [0, 0.05) is 32.7 Å². The molecule has 3 rings (SSSR count). The van der Waals surface area contributed by atoms with Gasteiger partial charge >= 0.3 is 0 Å². The monoisotopic (exact) mass is 274 g/mol. The molecule has 108 valence electrons. The Morgan fingerprint density at radius 3 is 3.00 bits per heavy atom. The highest BCUT2D eigenvalue weighted by Crippen LogP contribution is 2.21. The molecule has 1 unspecified atom stereocenters. The molecule has 2 heterocycles. The molecule has 1 saturated heterocycles. The molecule has 1 amide bonds. The van der Waals surface area contributed by atoms with Crippen molar-refractivity contribution in [2.24, 2.45) is 5.92 Å². The number of fused-ring (bicyclic) bond motifs is 1. The van der Waals surface area contributed by atoms with Crippen LogP contribution in [-0.2, 0) is 22.5 Å². The number of ether oxygens (including phenoxy) is 1. The standard InChI is InChI=1S/C16H22N2O2/c1-20-11-12-6-7-18(10-12)16(19)15-8-13-4-2-3-5-14(13)9-17-15/h2-5,12,15,17H,6-11H2,1H3/t12?,15-/m1/s1. The lowest BCUT2D eigenvalue weighted by molar-refractivity contribution is -0.132. The van der Waals surface area contributed by atoms with Gasteiger partial charge in [-0.15, -0.1) is 0 Å². The summed E-state index contributed by atoms with van der Waals surface area (Å²) in [5.74, 6) is 0.748. The van der Waals surface area contributed by atoms with E-state index in [1.54, 1.807) is 7.11 Å². The molecule has 0 spiro atoms. The Morgan fingerprint density at radius 1 is 1.40 bits per heavy atom. The van der Waals surface area contributed by atoms with E-state index < -0.39 is 0 Å². The van der Waals surface area contributed by atoms with Crippen molar-refractivity contribution in [1.29, 1.82) is 0 Å². The van der Waals surface area contributed by atoms with Crippen LogP contribution >= 0.6 is 0 Å². The van der Waals surface area contributed by atoms with Gasteiger partial charge in [-0.05, 0) is 24.0 Å². The second kappa shape index (κ2) is 5.94. The smallest absolute Gasteiger partial charge is 0.240 e. The third kappa shape index (κ3) is 2.72. The van der Waals surface area contributed by atoms with Crippen LogP contribution in [0.3, 0.4) is 0 Å². The molecule has 1 N–H and O–H groups in total. The van der Waals surface area contributed by atoms with E-state index in [0.29, 0.717) is 5.92 Å². The number of likely N-dealkylation sites (tertiary alicyclic amines) is 1. The first-order valence-electron chi connectivity index (χ1n) is 7.36. The van der Waals surface area contributed by atoms with Crippen LogP contribution in [0, 0.1) is 5.92 Å². The van der Waals surface area contributed by atoms with E-state index in [9.17, 15) is 4.79 Å². The summed E-state index contributed by atoms with van der Waals surface area (Å²) in [5.41, 5.74) is 2.62. The Hall–Kier alpha value is -1.39. The number of hydrogen-bond donors (Lipinski definition) is 1. The number of rotatable bonds is 3. The van der Waals surface area contributed by atoms with Gasteiger partial charge in [0.1, 0.15) is 0 Å². The zero-order valence-electron chi connectivity index (χ0n) is 12.0. The molecule has 0 saturated carbocycles. The molecule has 0 aliphatic carbocycles. The number of nitrogens with one attached hydrogen (secondary N) is 1. The summed E-state index contributed by atoms with van der Waals surface area (Å²) in [4.78, 5) is 14.6. The third-order valence-electron chi connectivity index (χ3n) is 4.38. The number of carbonyl (C=O) groups excluding carboxylic acids is 1. The van der Waals surface area contributed by atoms with Crippen molar-refractivity contribution in [2.45, 2.75) is 25.4 Å². The van der Waals surface area contributed by atoms with Crippen LogP contribution in [0.25, 0.3) is 0 Å². The SMILES string of the molecule is COCC1CCN(C(=O)[C@H]2Cc3ccccc3CN2)C1. The maximum atomic E-state index is 12.6. The largest absolute Gasteiger partial charge is 0.384 e. The fourth-order valence-corrected chi connectivity index (χ4v) is 3.25. The topological polar surface area (TPSA) is 41.6 Å². The quantitative estimate of drug-likeness (QED) is 0.900. The maximum absolute atomic E-state index is 12.6. The van der Waals surface area contributed by atoms with Gasteiger partial charge in [0.2, 0.25) is 5.91 Å². The van der Waals surface area contributed by atoms with E-state index in [0.717, 1.165) is 39.1 Å². The Labute approximate surface area is 120 Å². The lowest BCUT2D eigenvalue weighted by Crippen LogP contribution is -2.48. The Kier molecular flexibility index (Phi) is 4.03. The first kappa shape index (κ1) is 13.6. The van der Waals surface area contributed by atoms with Crippen molar-refractivity contribution >= 4 is 5.91 Å². The van der Waals surface area contributed by atoms with E-state index >= 15 is 0 Å². The second-order valence-electron chi connectivity index (χ2n) is 5.80. The zero-order chi connectivity index (χ0) is 13.9. The fraction of sp³-hybridized carbons (Fsp3) is 0.562. The highest BCUT2D eigenvalue weighted by atomic mass is 16.5. The number of methoxy groups -OCH3 is 1. The molecule has 1 fully saturated rings. The van der Waals surface area contributed by atoms with Crippen LogP contribution in [0.1, 0.15) is 17.5 Å². The predicted molar refractivity (Wildman–Crippen MR) is 77.3 cm³/mol. The maximum Gasteiger partial charge on any atom is 0.240 e. The van der Waals surface area contributed by atoms with Gasteiger partial charge in [-0.25, -0.2) is 0 Å². The van der Waals surface area contributed by atoms with Crippen LogP contribution in [0.15, 0.2) is 24.3 Å². The average molecular weight is 274 g/mol. The number of hydrogen-bond acceptors (Lipinski definition) is 3. The highest BCUT2D eigenvalue weighted by molar-refractivity contribution is 5.82. The van der Waals surface area contributed by atoms with Crippen molar-refractivity contribution in [3.8, 4) is 0 Å². The number of amides is 1. The summed E-state index contributed by atoms with van der Waals surface area (Å²) in [6.07, 6.45) is 1.86. The number of benzene rings is 1. The van der Waals surface area contributed by atoms with Gasteiger partial charge in [-0.1, -0.05) is 24.3 Å². The normalized spacial score (nSPS) is 25.6. The molecule has 0 radical (unpaired) electrons. The van der Waals surface area contributed by atoms with E-state index in [4.69, 9.17) is 4.74 Å². The molecule has 1 aromatic carbocycles. The Balaban J connectivity index is 1.62. The fourth-order valence-electron chi connectivity index (χ4n) is 3.25. The number of carbonyl (C=O) groups is 1. The molecule has 0 aromatic heterocycles. The average Bonchev–Trinajstić information content (AvgIpc) is 2.95. The van der Waals surface area contributed by atoms with Crippen molar-refractivity contribution in [3.63, 3.8) is 0 Å². The van der Waals surface area contributed by atoms with E-state index in [1.165, 1.54) is 11.1 Å². The lowest BCUT2D eigenvalue weighted by Gasteiger charge is -2.29. The first-order valence-corrected chi connectivity index (χ1v) is 7.36. The first-order chi connectivity index (χ1) is 9.78. The number of nitrogens with zero attached hydrogens (tertiary/aromatic N) is 1. The van der Waals surface area contributed by atoms with Crippen molar-refractivity contribution in [1.82, 2.24) is 10.2 Å². The summed E-state index contributed by atoms with van der Waals surface area (Å²) in [6, 6.07) is 8.31. The highest BCUT2D eigenvalue weighted by Gasteiger charge is 2.32. The van der Waals surface area contributed by atoms with Gasteiger partial charge < -0.3 is 15.0 Å². The van der Waals surface area contributed by atoms with E-state index in [1.807, 2.05) is 4.90 Å². The Bertz CT molecular complexity index is 489. The molecular formula is C16H22N2O2. The molecule has 4 heteroatoms. The van der Waals surface area contributed by atoms with E-state index in [2.05, 4.69) is 29.6 Å². The van der Waals surface area contributed by atoms with Gasteiger partial charge in [-0.3, -0.25) is 4.79 Å². The molecule has 20 heavy (non-hydrogen) atoms. The summed E-state index contributed by atoms with van der Waals surface area (Å²) < 4.78 is 5.19. The summed E-state index contributed by atoms with van der Waals surface area (Å²) in [6.45, 7) is 3.26. The van der Waals surface area contributed by atoms with Gasteiger partial charge in [0.05, 0.1) is 12.6 Å². The minimum absolute atomic E-state index is 0.0637. The summed E-state index contributed by atoms with van der Waals surface area (Å²) in [7, 11) is 1.73. The minimum atomic E-state index is -0.0637. The van der Waals surface area contributed by atoms with E-state index in [-0.39, 0.29) is 11.9 Å². The zero-order valence-corrected chi connectivity index (χ0v) is 12.0. The molecule has 2 atom stereocenters. The van der Waals surface area contributed by atoms with Crippen molar-refractivity contribution in [2.75, 3.05) is 26.8 Å². The summed E-state index contributed by atoms with van der Waals surface area (Å²) in [5, 5.41) is 3.38. The van der Waals surface area contributed by atoms with Gasteiger partial charge in [0.15, 0.2) is 0 Å². The molecule has 0 bridgehead atoms. The van der Waals surface area contributed by atoms with Gasteiger partial charge in [0.25, 0.3) is 0 Å². The molecule has 1 aromatic rings. The molecular weight excluding hydrogens is 252 g/mol. The van der Waals surface area contributed by atoms with Crippen molar-refractivity contribution in [3.05, 3.63) is 35.4 Å². The van der Waals surface area contributed by atoms with Crippen LogP contribution in [-0.4, -0.2) is 43.7 Å². The van der Waals surface area contributed by atoms with Crippen molar-refractivity contribution < 1.29 is 9.53 Å². The lowest BCUT2D eigenvalue weighted by atomic mass is 9.95. The minimum Gasteiger partial charge on any atom is -0.384 e. The predicted octanol–water partition coefficient (Wildman–Crippen LogP) is 1.20. The third-order valence-corrected chi connectivity index (χ3v) is 4.38. The van der Waals surface area contributed by atoms with Gasteiger partial charge in [-0.2, -0.15) is 0 Å². The molecule has 2 aliphatic heterocycles. The van der Waals surface area contributed by atoms with Crippen LogP contribution in [0.4, 0.5) is 0 Å². The van der Waals surface area contributed by atoms with Crippen LogP contribution in [0.5, 0.6) is 0 Å². The molecule has 4 nitrogen and oxygen atoms in total. The second-order valence-corrected chi connectivity index (χ2v) is 5.80. The van der Waals surface area contributed by atoms with Crippen LogP contribution in [0.2, 0.25) is 0 Å². The summed E-state index contributed by atoms with van der Waals surface area (Å²) >= 11 is 0.